The standard InChI is InChI=1S/C21H22F2N2O3/c1-2-28-13-15-5-3-14(4-6-15)11-24-21(27)16-7-20(26)25(12-16)19-9-17(22)8-18(23)10-19/h3-6,8-10,16H,2,7,11-13H2,1H3,(H,24,27). The van der Waals surface area contributed by atoms with Crippen molar-refractivity contribution in [2.45, 2.75) is 26.5 Å². The Kier molecular flexibility index (Phi) is 6.36. The maximum absolute atomic E-state index is 13.4. The predicted molar refractivity (Wildman–Crippen MR) is 100 cm³/mol. The summed E-state index contributed by atoms with van der Waals surface area (Å²) in [6.45, 7) is 3.57. The average molecular weight is 388 g/mol. The van der Waals surface area contributed by atoms with Crippen molar-refractivity contribution in [1.29, 1.82) is 0 Å². The van der Waals surface area contributed by atoms with Gasteiger partial charge in [0.2, 0.25) is 11.8 Å². The molecule has 1 fully saturated rings. The van der Waals surface area contributed by atoms with Crippen LogP contribution in [0.15, 0.2) is 42.5 Å². The Labute approximate surface area is 162 Å². The molecular formula is C21H22F2N2O3. The zero-order valence-corrected chi connectivity index (χ0v) is 15.6. The molecule has 1 saturated heterocycles. The van der Waals surface area contributed by atoms with Crippen molar-refractivity contribution in [3.05, 3.63) is 65.2 Å². The fraction of sp³-hybridized carbons (Fsp3) is 0.333. The quantitative estimate of drug-likeness (QED) is 0.793. The highest BCUT2D eigenvalue weighted by Gasteiger charge is 2.35. The minimum atomic E-state index is -0.761. The van der Waals surface area contributed by atoms with Crippen molar-refractivity contribution >= 4 is 17.5 Å². The topological polar surface area (TPSA) is 58.6 Å². The van der Waals surface area contributed by atoms with E-state index in [9.17, 15) is 18.4 Å². The van der Waals surface area contributed by atoms with E-state index < -0.39 is 17.6 Å². The second-order valence-corrected chi connectivity index (χ2v) is 6.70. The predicted octanol–water partition coefficient (Wildman–Crippen LogP) is 3.17. The number of hydrogen-bond acceptors (Lipinski definition) is 3. The minimum Gasteiger partial charge on any atom is -0.377 e. The number of nitrogens with zero attached hydrogens (tertiary/aromatic N) is 1. The monoisotopic (exact) mass is 388 g/mol. The minimum absolute atomic E-state index is 0.0112. The van der Waals surface area contributed by atoms with Crippen LogP contribution in [0.3, 0.4) is 0 Å². The fourth-order valence-corrected chi connectivity index (χ4v) is 3.13. The first-order chi connectivity index (χ1) is 13.5. The molecule has 28 heavy (non-hydrogen) atoms. The van der Waals surface area contributed by atoms with E-state index in [0.29, 0.717) is 19.8 Å². The Balaban J connectivity index is 1.56. The third kappa shape index (κ3) is 4.92. The molecule has 3 rings (SSSR count). The summed E-state index contributed by atoms with van der Waals surface area (Å²) < 4.78 is 32.2. The van der Waals surface area contributed by atoms with Crippen molar-refractivity contribution in [3.63, 3.8) is 0 Å². The van der Waals surface area contributed by atoms with Gasteiger partial charge in [-0.25, -0.2) is 8.78 Å². The summed E-state index contributed by atoms with van der Waals surface area (Å²) in [5, 5.41) is 2.82. The van der Waals surface area contributed by atoms with Gasteiger partial charge >= 0.3 is 0 Å². The molecule has 0 aliphatic carbocycles. The van der Waals surface area contributed by atoms with Crippen molar-refractivity contribution < 1.29 is 23.1 Å². The second kappa shape index (κ2) is 8.93. The number of benzene rings is 2. The Bertz CT molecular complexity index is 835. The molecule has 1 aliphatic heterocycles. The van der Waals surface area contributed by atoms with E-state index >= 15 is 0 Å². The van der Waals surface area contributed by atoms with Crippen LogP contribution in [0, 0.1) is 17.6 Å². The van der Waals surface area contributed by atoms with Crippen LogP contribution in [0.5, 0.6) is 0 Å². The second-order valence-electron chi connectivity index (χ2n) is 6.70. The molecule has 7 heteroatoms. The maximum atomic E-state index is 13.4. The van der Waals surface area contributed by atoms with Gasteiger partial charge in [0.05, 0.1) is 12.5 Å². The van der Waals surface area contributed by atoms with Crippen molar-refractivity contribution in [2.75, 3.05) is 18.1 Å². The number of halogens is 2. The van der Waals surface area contributed by atoms with Crippen molar-refractivity contribution in [1.82, 2.24) is 5.32 Å². The van der Waals surface area contributed by atoms with Crippen molar-refractivity contribution in [2.24, 2.45) is 5.92 Å². The van der Waals surface area contributed by atoms with Crippen LogP contribution in [-0.4, -0.2) is 25.0 Å². The molecule has 1 atom stereocenters. The zero-order chi connectivity index (χ0) is 20.1. The maximum Gasteiger partial charge on any atom is 0.227 e. The molecule has 0 bridgehead atoms. The molecule has 1 aliphatic rings. The third-order valence-electron chi connectivity index (χ3n) is 4.62. The molecular weight excluding hydrogens is 366 g/mol. The molecule has 1 heterocycles. The van der Waals surface area contributed by atoms with Crippen LogP contribution >= 0.6 is 0 Å². The highest BCUT2D eigenvalue weighted by molar-refractivity contribution is 6.00. The molecule has 0 radical (unpaired) electrons. The van der Waals surface area contributed by atoms with Crippen LogP contribution in [0.25, 0.3) is 0 Å². The summed E-state index contributed by atoms with van der Waals surface area (Å²) in [5.41, 5.74) is 2.11. The van der Waals surface area contributed by atoms with E-state index in [1.165, 1.54) is 4.90 Å². The molecule has 1 unspecified atom stereocenters. The van der Waals surface area contributed by atoms with Gasteiger partial charge < -0.3 is 15.0 Å². The fourth-order valence-electron chi connectivity index (χ4n) is 3.13. The van der Waals surface area contributed by atoms with Gasteiger partial charge in [-0.2, -0.15) is 0 Å². The number of ether oxygens (including phenoxy) is 1. The van der Waals surface area contributed by atoms with Gasteiger partial charge in [0.15, 0.2) is 0 Å². The molecule has 0 aromatic heterocycles. The van der Waals surface area contributed by atoms with Crippen LogP contribution < -0.4 is 10.2 Å². The summed E-state index contributed by atoms with van der Waals surface area (Å²) >= 11 is 0. The highest BCUT2D eigenvalue weighted by atomic mass is 19.1. The largest absolute Gasteiger partial charge is 0.377 e. The van der Waals surface area contributed by atoms with E-state index in [1.54, 1.807) is 0 Å². The molecule has 2 aromatic rings. The van der Waals surface area contributed by atoms with Gasteiger partial charge in [0.25, 0.3) is 0 Å². The summed E-state index contributed by atoms with van der Waals surface area (Å²) in [6, 6.07) is 10.6. The lowest BCUT2D eigenvalue weighted by molar-refractivity contribution is -0.126. The number of hydrogen-bond donors (Lipinski definition) is 1. The Morgan fingerprint density at radius 1 is 1.14 bits per heavy atom. The normalized spacial score (nSPS) is 16.5. The van der Waals surface area contributed by atoms with E-state index in [4.69, 9.17) is 4.74 Å². The lowest BCUT2D eigenvalue weighted by atomic mass is 10.1. The van der Waals surface area contributed by atoms with E-state index in [2.05, 4.69) is 5.32 Å². The summed E-state index contributed by atoms with van der Waals surface area (Å²) in [5.74, 6) is -2.67. The molecule has 0 spiro atoms. The van der Waals surface area contributed by atoms with Crippen LogP contribution in [0.4, 0.5) is 14.5 Å². The number of amides is 2. The number of nitrogens with one attached hydrogen (secondary N) is 1. The first kappa shape index (κ1) is 19.9. The van der Waals surface area contributed by atoms with Crippen molar-refractivity contribution in [3.8, 4) is 0 Å². The third-order valence-corrected chi connectivity index (χ3v) is 4.62. The smallest absolute Gasteiger partial charge is 0.227 e. The van der Waals surface area contributed by atoms with E-state index in [-0.39, 0.29) is 30.5 Å². The van der Waals surface area contributed by atoms with E-state index in [1.807, 2.05) is 31.2 Å². The highest BCUT2D eigenvalue weighted by Crippen LogP contribution is 2.26. The SMILES string of the molecule is CCOCc1ccc(CNC(=O)C2CC(=O)N(c3cc(F)cc(F)c3)C2)cc1. The van der Waals surface area contributed by atoms with Gasteiger partial charge in [0.1, 0.15) is 11.6 Å². The summed E-state index contributed by atoms with van der Waals surface area (Å²) in [4.78, 5) is 25.9. The lowest BCUT2D eigenvalue weighted by Gasteiger charge is -2.17. The summed E-state index contributed by atoms with van der Waals surface area (Å²) in [7, 11) is 0. The van der Waals surface area contributed by atoms with Crippen LogP contribution in [0.1, 0.15) is 24.5 Å². The Morgan fingerprint density at radius 2 is 1.79 bits per heavy atom. The van der Waals surface area contributed by atoms with Gasteiger partial charge in [-0.05, 0) is 30.2 Å². The lowest BCUT2D eigenvalue weighted by Crippen LogP contribution is -2.32. The van der Waals surface area contributed by atoms with Gasteiger partial charge in [-0.3, -0.25) is 9.59 Å². The molecule has 148 valence electrons. The number of rotatable bonds is 7. The Hall–Kier alpha value is -2.80. The van der Waals surface area contributed by atoms with Crippen LogP contribution in [0.2, 0.25) is 0 Å². The number of anilines is 1. The molecule has 0 saturated carbocycles. The van der Waals surface area contributed by atoms with Crippen LogP contribution in [-0.2, 0) is 27.5 Å². The van der Waals surface area contributed by atoms with Gasteiger partial charge in [-0.15, -0.1) is 0 Å². The molecule has 5 nitrogen and oxygen atoms in total. The summed E-state index contributed by atoms with van der Waals surface area (Å²) in [6.07, 6.45) is 0.0112. The zero-order valence-electron chi connectivity index (χ0n) is 15.6. The average Bonchev–Trinajstić information content (AvgIpc) is 3.06. The number of carbonyl (C=O) groups is 2. The molecule has 2 aromatic carbocycles. The molecule has 1 N–H and O–H groups in total. The molecule has 2 amide bonds. The number of carbonyl (C=O) groups excluding carboxylic acids is 2. The van der Waals surface area contributed by atoms with Gasteiger partial charge in [-0.1, -0.05) is 24.3 Å². The Morgan fingerprint density at radius 3 is 2.43 bits per heavy atom. The first-order valence-corrected chi connectivity index (χ1v) is 9.16. The van der Waals surface area contributed by atoms with Gasteiger partial charge in [0, 0.05) is 37.9 Å². The van der Waals surface area contributed by atoms with E-state index in [0.717, 1.165) is 29.3 Å². The first-order valence-electron chi connectivity index (χ1n) is 9.16.